The molecule has 3 aromatic rings. The van der Waals surface area contributed by atoms with Crippen molar-refractivity contribution in [1.82, 2.24) is 15.3 Å². The van der Waals surface area contributed by atoms with Crippen molar-refractivity contribution in [3.8, 4) is 0 Å². The van der Waals surface area contributed by atoms with Gasteiger partial charge in [-0.15, -0.1) is 0 Å². The Morgan fingerprint density at radius 1 is 0.962 bits per heavy atom. The third kappa shape index (κ3) is 4.03. The van der Waals surface area contributed by atoms with E-state index in [0.29, 0.717) is 5.69 Å². The van der Waals surface area contributed by atoms with Gasteiger partial charge >= 0.3 is 11.8 Å². The minimum Gasteiger partial charge on any atom is -0.339 e. The highest BCUT2D eigenvalue weighted by Crippen LogP contribution is 2.20. The van der Waals surface area contributed by atoms with Crippen molar-refractivity contribution < 1.29 is 9.59 Å². The number of nitrogens with zero attached hydrogens (tertiary/aromatic N) is 2. The molecule has 1 aromatic carbocycles. The van der Waals surface area contributed by atoms with Crippen molar-refractivity contribution in [3.05, 3.63) is 66.6 Å². The third-order valence-corrected chi connectivity index (χ3v) is 4.01. The first kappa shape index (κ1) is 17.5. The van der Waals surface area contributed by atoms with Crippen molar-refractivity contribution in [1.29, 1.82) is 0 Å². The van der Waals surface area contributed by atoms with Gasteiger partial charge in [0.15, 0.2) is 0 Å². The lowest BCUT2D eigenvalue weighted by Gasteiger charge is -2.21. The largest absolute Gasteiger partial charge is 0.339 e. The summed E-state index contributed by atoms with van der Waals surface area (Å²) in [7, 11) is 0. The summed E-state index contributed by atoms with van der Waals surface area (Å²) in [5, 5.41) is 6.24. The Bertz CT molecular complexity index is 925. The maximum atomic E-state index is 12.3. The number of rotatable bonds is 4. The van der Waals surface area contributed by atoms with E-state index in [4.69, 9.17) is 0 Å². The Balaban J connectivity index is 1.71. The second-order valence-electron chi connectivity index (χ2n) is 6.32. The Morgan fingerprint density at radius 2 is 1.73 bits per heavy atom. The number of aromatic nitrogens is 2. The van der Waals surface area contributed by atoms with Gasteiger partial charge in [-0.05, 0) is 30.2 Å². The number of anilines is 1. The number of hydrogen-bond donors (Lipinski definition) is 2. The lowest BCUT2D eigenvalue weighted by molar-refractivity contribution is -0.136. The van der Waals surface area contributed by atoms with Gasteiger partial charge in [0.25, 0.3) is 0 Å². The third-order valence-electron chi connectivity index (χ3n) is 4.01. The van der Waals surface area contributed by atoms with Crippen LogP contribution in [0.4, 0.5) is 5.69 Å². The zero-order valence-corrected chi connectivity index (χ0v) is 14.6. The summed E-state index contributed by atoms with van der Waals surface area (Å²) < 4.78 is 0. The fourth-order valence-corrected chi connectivity index (χ4v) is 2.68. The second-order valence-corrected chi connectivity index (χ2v) is 6.32. The molecule has 2 amide bonds. The Labute approximate surface area is 151 Å². The van der Waals surface area contributed by atoms with Gasteiger partial charge in [-0.3, -0.25) is 19.6 Å². The average Bonchev–Trinajstić information content (AvgIpc) is 2.66. The maximum Gasteiger partial charge on any atom is 0.313 e. The van der Waals surface area contributed by atoms with Gasteiger partial charge in [0.2, 0.25) is 0 Å². The zero-order chi connectivity index (χ0) is 18.5. The van der Waals surface area contributed by atoms with Crippen LogP contribution in [0, 0.1) is 5.92 Å². The Hall–Kier alpha value is -3.28. The Kier molecular flexibility index (Phi) is 5.22. The van der Waals surface area contributed by atoms with Crippen molar-refractivity contribution in [3.63, 3.8) is 0 Å². The topological polar surface area (TPSA) is 84.0 Å². The molecule has 0 aliphatic rings. The highest BCUT2D eigenvalue weighted by Gasteiger charge is 2.23. The van der Waals surface area contributed by atoms with Gasteiger partial charge in [-0.25, -0.2) is 0 Å². The van der Waals surface area contributed by atoms with E-state index < -0.39 is 11.8 Å². The van der Waals surface area contributed by atoms with Crippen LogP contribution < -0.4 is 10.6 Å². The van der Waals surface area contributed by atoms with Crippen LogP contribution in [0.2, 0.25) is 0 Å². The van der Waals surface area contributed by atoms with Crippen molar-refractivity contribution in [2.24, 2.45) is 5.92 Å². The molecule has 2 heterocycles. The van der Waals surface area contributed by atoms with E-state index in [1.54, 1.807) is 12.3 Å². The van der Waals surface area contributed by atoms with Crippen LogP contribution >= 0.6 is 0 Å². The summed E-state index contributed by atoms with van der Waals surface area (Å²) >= 11 is 0. The van der Waals surface area contributed by atoms with Gasteiger partial charge < -0.3 is 10.6 Å². The van der Waals surface area contributed by atoms with Crippen molar-refractivity contribution >= 4 is 28.4 Å². The van der Waals surface area contributed by atoms with E-state index in [2.05, 4.69) is 20.6 Å². The number of pyridine rings is 2. The van der Waals surface area contributed by atoms with Gasteiger partial charge in [0, 0.05) is 11.6 Å². The molecule has 0 saturated heterocycles. The molecule has 0 aliphatic heterocycles. The molecule has 2 N–H and O–H groups in total. The molecule has 0 spiro atoms. The summed E-state index contributed by atoms with van der Waals surface area (Å²) in [4.78, 5) is 33.1. The molecule has 26 heavy (non-hydrogen) atoms. The standard InChI is InChI=1S/C20H20N4O2/c1-13(2)18(17-9-5-6-10-21-17)24-20(26)19(25)23-15-11-14-7-3-4-8-16(14)22-12-15/h3-13,18H,1-2H3,(H,23,25)(H,24,26). The fraction of sp³-hybridized carbons (Fsp3) is 0.200. The minimum absolute atomic E-state index is 0.0870. The lowest BCUT2D eigenvalue weighted by atomic mass is 10.0. The molecular weight excluding hydrogens is 328 g/mol. The smallest absolute Gasteiger partial charge is 0.313 e. The molecule has 0 bridgehead atoms. The van der Waals surface area contributed by atoms with Gasteiger partial charge in [-0.1, -0.05) is 38.1 Å². The SMILES string of the molecule is CC(C)C(NC(=O)C(=O)Nc1cnc2ccccc2c1)c1ccccn1. The molecule has 3 rings (SSSR count). The number of carbonyl (C=O) groups is 2. The van der Waals surface area contributed by atoms with E-state index >= 15 is 0 Å². The summed E-state index contributed by atoms with van der Waals surface area (Å²) in [5.74, 6) is -1.35. The zero-order valence-electron chi connectivity index (χ0n) is 14.6. The number of amides is 2. The summed E-state index contributed by atoms with van der Waals surface area (Å²) in [5.41, 5.74) is 2.02. The summed E-state index contributed by atoms with van der Waals surface area (Å²) in [6, 6.07) is 14.5. The number of para-hydroxylation sites is 1. The molecule has 6 nitrogen and oxygen atoms in total. The van der Waals surface area contributed by atoms with Crippen molar-refractivity contribution in [2.75, 3.05) is 5.32 Å². The first-order chi connectivity index (χ1) is 12.5. The van der Waals surface area contributed by atoms with Crippen LogP contribution in [0.15, 0.2) is 60.9 Å². The van der Waals surface area contributed by atoms with E-state index in [9.17, 15) is 9.59 Å². The predicted octanol–water partition coefficient (Wildman–Crippen LogP) is 3.08. The van der Waals surface area contributed by atoms with E-state index in [0.717, 1.165) is 16.6 Å². The molecule has 1 unspecified atom stereocenters. The normalized spacial score (nSPS) is 12.0. The van der Waals surface area contributed by atoms with Crippen LogP contribution in [-0.2, 0) is 9.59 Å². The second kappa shape index (κ2) is 7.74. The molecule has 0 fully saturated rings. The van der Waals surface area contributed by atoms with Gasteiger partial charge in [0.1, 0.15) is 0 Å². The molecule has 0 radical (unpaired) electrons. The van der Waals surface area contributed by atoms with Crippen LogP contribution in [0.3, 0.4) is 0 Å². The maximum absolute atomic E-state index is 12.3. The highest BCUT2D eigenvalue weighted by atomic mass is 16.2. The van der Waals surface area contributed by atoms with E-state index in [1.165, 1.54) is 6.20 Å². The van der Waals surface area contributed by atoms with Gasteiger partial charge in [-0.2, -0.15) is 0 Å². The van der Waals surface area contributed by atoms with Crippen LogP contribution in [-0.4, -0.2) is 21.8 Å². The van der Waals surface area contributed by atoms with Gasteiger partial charge in [0.05, 0.1) is 29.1 Å². The first-order valence-electron chi connectivity index (χ1n) is 8.42. The van der Waals surface area contributed by atoms with Crippen molar-refractivity contribution in [2.45, 2.75) is 19.9 Å². The highest BCUT2D eigenvalue weighted by molar-refractivity contribution is 6.39. The summed E-state index contributed by atoms with van der Waals surface area (Å²) in [6.07, 6.45) is 3.20. The van der Waals surface area contributed by atoms with E-state index in [-0.39, 0.29) is 12.0 Å². The number of nitrogens with one attached hydrogen (secondary N) is 2. The fourth-order valence-electron chi connectivity index (χ4n) is 2.68. The van der Waals surface area contributed by atoms with Crippen LogP contribution in [0.25, 0.3) is 10.9 Å². The van der Waals surface area contributed by atoms with Crippen LogP contribution in [0.5, 0.6) is 0 Å². The molecule has 0 saturated carbocycles. The number of hydrogen-bond acceptors (Lipinski definition) is 4. The number of fused-ring (bicyclic) bond motifs is 1. The Morgan fingerprint density at radius 3 is 2.46 bits per heavy atom. The lowest BCUT2D eigenvalue weighted by Crippen LogP contribution is -2.39. The molecule has 2 aromatic heterocycles. The number of benzene rings is 1. The predicted molar refractivity (Wildman–Crippen MR) is 100 cm³/mol. The number of carbonyl (C=O) groups excluding carboxylic acids is 2. The molecule has 132 valence electrons. The average molecular weight is 348 g/mol. The van der Waals surface area contributed by atoms with Crippen LogP contribution in [0.1, 0.15) is 25.6 Å². The first-order valence-corrected chi connectivity index (χ1v) is 8.42. The monoisotopic (exact) mass is 348 g/mol. The molecular formula is C20H20N4O2. The molecule has 0 aliphatic carbocycles. The quantitative estimate of drug-likeness (QED) is 0.710. The molecule has 1 atom stereocenters. The molecule has 6 heteroatoms. The van der Waals surface area contributed by atoms with E-state index in [1.807, 2.05) is 56.3 Å². The summed E-state index contributed by atoms with van der Waals surface area (Å²) in [6.45, 7) is 3.93. The minimum atomic E-state index is -0.733.